The second-order valence-electron chi connectivity index (χ2n) is 2.94. The smallest absolute Gasteiger partial charge is 0.324 e. The lowest BCUT2D eigenvalue weighted by Gasteiger charge is -2.16. The van der Waals surface area contributed by atoms with Gasteiger partial charge in [-0.05, 0) is 0 Å². The predicted molar refractivity (Wildman–Crippen MR) is 51.9 cm³/mol. The monoisotopic (exact) mass is 258 g/mol. The third kappa shape index (κ3) is 3.52. The molecule has 0 spiro atoms. The molecule has 0 aromatic carbocycles. The molecule has 0 saturated carbocycles. The van der Waals surface area contributed by atoms with Crippen LogP contribution in [0, 0.1) is 0 Å². The molecule has 1 rings (SSSR count). The van der Waals surface area contributed by atoms with Crippen LogP contribution in [0.1, 0.15) is 18.0 Å². The molecule has 15 heavy (non-hydrogen) atoms. The van der Waals surface area contributed by atoms with Crippen LogP contribution in [0.15, 0.2) is 12.4 Å². The van der Waals surface area contributed by atoms with Gasteiger partial charge < -0.3 is 5.73 Å². The summed E-state index contributed by atoms with van der Waals surface area (Å²) < 4.78 is 36.2. The summed E-state index contributed by atoms with van der Waals surface area (Å²) in [7, 11) is 0. The number of rotatable bonds is 2. The molecule has 1 aromatic rings. The van der Waals surface area contributed by atoms with Gasteiger partial charge in [0.1, 0.15) is 0 Å². The Kier molecular flexibility index (Phi) is 3.81. The van der Waals surface area contributed by atoms with Gasteiger partial charge in [0.2, 0.25) is 0 Å². The zero-order valence-corrected chi connectivity index (χ0v) is 8.87. The summed E-state index contributed by atoms with van der Waals surface area (Å²) in [5.41, 5.74) is 5.44. The van der Waals surface area contributed by atoms with Gasteiger partial charge >= 0.3 is 6.18 Å². The predicted octanol–water partition coefficient (Wildman–Crippen LogP) is 3.34. The number of halogens is 5. The van der Waals surface area contributed by atoms with E-state index in [0.717, 1.165) is 0 Å². The minimum Gasteiger partial charge on any atom is -0.324 e. The summed E-state index contributed by atoms with van der Waals surface area (Å²) in [6.45, 7) is 0. The Morgan fingerprint density at radius 1 is 1.27 bits per heavy atom. The van der Waals surface area contributed by atoms with Crippen LogP contribution in [0.2, 0.25) is 10.0 Å². The van der Waals surface area contributed by atoms with Crippen LogP contribution in [-0.4, -0.2) is 11.2 Å². The topological polar surface area (TPSA) is 38.9 Å². The molecule has 0 bridgehead atoms. The number of aromatic nitrogens is 1. The first-order chi connectivity index (χ1) is 6.81. The van der Waals surface area contributed by atoms with Crippen LogP contribution in [0.25, 0.3) is 0 Å². The summed E-state index contributed by atoms with van der Waals surface area (Å²) in [6.07, 6.45) is -3.11. The molecule has 2 nitrogen and oxygen atoms in total. The Labute approximate surface area is 94.2 Å². The molecule has 0 aliphatic carbocycles. The highest BCUT2D eigenvalue weighted by Crippen LogP contribution is 2.34. The minimum atomic E-state index is -4.35. The zero-order valence-electron chi connectivity index (χ0n) is 7.35. The summed E-state index contributed by atoms with van der Waals surface area (Å²) in [5, 5.41) is 0.0819. The van der Waals surface area contributed by atoms with E-state index in [1.807, 2.05) is 0 Å². The maximum atomic E-state index is 12.1. The SMILES string of the molecule is N[C@H](CC(F)(F)F)c1c(Cl)cncc1Cl. The quantitative estimate of drug-likeness (QED) is 0.884. The van der Waals surface area contributed by atoms with Crippen molar-refractivity contribution in [1.29, 1.82) is 0 Å². The van der Waals surface area contributed by atoms with Gasteiger partial charge in [-0.25, -0.2) is 0 Å². The summed E-state index contributed by atoms with van der Waals surface area (Å²) in [5.74, 6) is 0. The van der Waals surface area contributed by atoms with Crippen molar-refractivity contribution in [3.63, 3.8) is 0 Å². The number of nitrogens with two attached hydrogens (primary N) is 1. The second kappa shape index (κ2) is 4.55. The van der Waals surface area contributed by atoms with Gasteiger partial charge in [0.25, 0.3) is 0 Å². The Morgan fingerprint density at radius 2 is 1.73 bits per heavy atom. The fourth-order valence-electron chi connectivity index (χ4n) is 1.13. The molecular formula is C8H7Cl2F3N2. The average Bonchev–Trinajstić information content (AvgIpc) is 1.99. The van der Waals surface area contributed by atoms with Gasteiger partial charge in [0.05, 0.1) is 16.5 Å². The van der Waals surface area contributed by atoms with Gasteiger partial charge in [-0.1, -0.05) is 23.2 Å². The van der Waals surface area contributed by atoms with Crippen LogP contribution >= 0.6 is 23.2 Å². The highest BCUT2D eigenvalue weighted by atomic mass is 35.5. The lowest BCUT2D eigenvalue weighted by atomic mass is 10.1. The third-order valence-electron chi connectivity index (χ3n) is 1.71. The standard InChI is InChI=1S/C8H7Cl2F3N2/c9-4-2-15-3-5(10)7(4)6(14)1-8(11,12)13/h2-3,6H,1,14H2/t6-/m1/s1. The van der Waals surface area contributed by atoms with Crippen molar-refractivity contribution in [3.05, 3.63) is 28.0 Å². The van der Waals surface area contributed by atoms with Crippen molar-refractivity contribution in [3.8, 4) is 0 Å². The Bertz CT molecular complexity index is 334. The fourth-order valence-corrected chi connectivity index (χ4v) is 1.77. The molecule has 0 unspecified atom stereocenters. The largest absolute Gasteiger partial charge is 0.390 e. The molecule has 0 amide bonds. The van der Waals surface area contributed by atoms with Crippen LogP contribution in [0.4, 0.5) is 13.2 Å². The van der Waals surface area contributed by atoms with Crippen molar-refractivity contribution in [1.82, 2.24) is 4.98 Å². The molecule has 1 atom stereocenters. The van der Waals surface area contributed by atoms with E-state index in [-0.39, 0.29) is 15.6 Å². The van der Waals surface area contributed by atoms with Crippen LogP contribution in [0.5, 0.6) is 0 Å². The average molecular weight is 259 g/mol. The fraction of sp³-hybridized carbons (Fsp3) is 0.375. The number of pyridine rings is 1. The van der Waals surface area contributed by atoms with Crippen LogP contribution < -0.4 is 5.73 Å². The molecule has 0 aliphatic rings. The maximum Gasteiger partial charge on any atom is 0.390 e. The van der Waals surface area contributed by atoms with E-state index < -0.39 is 18.6 Å². The van der Waals surface area contributed by atoms with E-state index in [0.29, 0.717) is 0 Å². The summed E-state index contributed by atoms with van der Waals surface area (Å²) in [4.78, 5) is 3.62. The first-order valence-corrected chi connectivity index (χ1v) is 4.68. The molecule has 0 radical (unpaired) electrons. The Balaban J connectivity index is 2.96. The molecule has 84 valence electrons. The third-order valence-corrected chi connectivity index (χ3v) is 2.31. The van der Waals surface area contributed by atoms with Gasteiger partial charge in [-0.3, -0.25) is 4.98 Å². The molecule has 1 heterocycles. The second-order valence-corrected chi connectivity index (χ2v) is 3.76. The lowest BCUT2D eigenvalue weighted by molar-refractivity contribution is -0.138. The van der Waals surface area contributed by atoms with E-state index in [2.05, 4.69) is 4.98 Å². The zero-order chi connectivity index (χ0) is 11.6. The normalized spacial score (nSPS) is 14.0. The molecule has 0 saturated heterocycles. The van der Waals surface area contributed by atoms with Gasteiger partial charge in [-0.2, -0.15) is 13.2 Å². The highest BCUT2D eigenvalue weighted by molar-refractivity contribution is 6.35. The molecule has 7 heteroatoms. The molecule has 0 fully saturated rings. The van der Waals surface area contributed by atoms with E-state index in [4.69, 9.17) is 28.9 Å². The molecular weight excluding hydrogens is 252 g/mol. The lowest BCUT2D eigenvalue weighted by Crippen LogP contribution is -2.20. The Hall–Kier alpha value is -0.520. The van der Waals surface area contributed by atoms with Crippen LogP contribution in [0.3, 0.4) is 0 Å². The van der Waals surface area contributed by atoms with E-state index in [9.17, 15) is 13.2 Å². The van der Waals surface area contributed by atoms with Crippen molar-refractivity contribution in [2.45, 2.75) is 18.6 Å². The van der Waals surface area contributed by atoms with E-state index >= 15 is 0 Å². The van der Waals surface area contributed by atoms with E-state index in [1.165, 1.54) is 12.4 Å². The minimum absolute atomic E-state index is 0.0410. The highest BCUT2D eigenvalue weighted by Gasteiger charge is 2.32. The Morgan fingerprint density at radius 3 is 2.13 bits per heavy atom. The van der Waals surface area contributed by atoms with E-state index in [1.54, 1.807) is 0 Å². The summed E-state index contributed by atoms with van der Waals surface area (Å²) >= 11 is 11.3. The number of alkyl halides is 3. The molecule has 2 N–H and O–H groups in total. The van der Waals surface area contributed by atoms with Gasteiger partial charge in [0.15, 0.2) is 0 Å². The molecule has 0 aliphatic heterocycles. The van der Waals surface area contributed by atoms with Crippen LogP contribution in [-0.2, 0) is 0 Å². The number of nitrogens with zero attached hydrogens (tertiary/aromatic N) is 1. The van der Waals surface area contributed by atoms with Crippen molar-refractivity contribution < 1.29 is 13.2 Å². The first kappa shape index (κ1) is 12.5. The van der Waals surface area contributed by atoms with Crippen molar-refractivity contribution in [2.24, 2.45) is 5.73 Å². The maximum absolute atomic E-state index is 12.1. The summed E-state index contributed by atoms with van der Waals surface area (Å²) in [6, 6.07) is -1.27. The number of hydrogen-bond acceptors (Lipinski definition) is 2. The first-order valence-electron chi connectivity index (χ1n) is 3.92. The molecule has 1 aromatic heterocycles. The van der Waals surface area contributed by atoms with Gasteiger partial charge in [0, 0.05) is 24.0 Å². The van der Waals surface area contributed by atoms with Crippen molar-refractivity contribution in [2.75, 3.05) is 0 Å². The van der Waals surface area contributed by atoms with Crippen molar-refractivity contribution >= 4 is 23.2 Å². The number of hydrogen-bond donors (Lipinski definition) is 1. The van der Waals surface area contributed by atoms with Gasteiger partial charge in [-0.15, -0.1) is 0 Å².